The van der Waals surface area contributed by atoms with Crippen LogP contribution in [-0.4, -0.2) is 24.9 Å². The Hall–Kier alpha value is -8.23. The lowest BCUT2D eigenvalue weighted by Crippen LogP contribution is -1.92. The average molecular weight is 876 g/mol. The van der Waals surface area contributed by atoms with Gasteiger partial charge in [0, 0.05) is 77.0 Å². The maximum absolute atomic E-state index is 5.42. The zero-order valence-corrected chi connectivity index (χ0v) is 36.7. The van der Waals surface area contributed by atoms with Crippen molar-refractivity contribution < 1.29 is 0 Å². The van der Waals surface area contributed by atoms with Crippen molar-refractivity contribution in [3.63, 3.8) is 0 Å². The molecule has 66 heavy (non-hydrogen) atoms. The van der Waals surface area contributed by atoms with Crippen LogP contribution in [0.4, 0.5) is 0 Å². The molecule has 7 heterocycles. The minimum absolute atomic E-state index is 0.878. The van der Waals surface area contributed by atoms with Gasteiger partial charge in [0.1, 0.15) is 0 Å². The van der Waals surface area contributed by atoms with Crippen molar-refractivity contribution in [3.05, 3.63) is 201 Å². The molecule has 14 aromatic rings. The van der Waals surface area contributed by atoms with E-state index < -0.39 is 0 Å². The van der Waals surface area contributed by atoms with E-state index in [9.17, 15) is 0 Å². The van der Waals surface area contributed by atoms with Crippen LogP contribution < -0.4 is 0 Å². The first-order chi connectivity index (χ1) is 32.7. The highest BCUT2D eigenvalue weighted by molar-refractivity contribution is 7.26. The molecular weight excluding hydrogens is 843 g/mol. The normalized spacial score (nSPS) is 11.9. The number of rotatable bonds is 5. The zero-order chi connectivity index (χ0) is 43.3. The second-order valence-electron chi connectivity index (χ2n) is 16.7. The number of aromatic nitrogens is 5. The van der Waals surface area contributed by atoms with Crippen molar-refractivity contribution >= 4 is 107 Å². The van der Waals surface area contributed by atoms with Gasteiger partial charge in [0.25, 0.3) is 0 Å². The Morgan fingerprint density at radius 2 is 0.985 bits per heavy atom. The van der Waals surface area contributed by atoms with Crippen molar-refractivity contribution in [2.24, 2.45) is 0 Å². The summed E-state index contributed by atoms with van der Waals surface area (Å²) < 4.78 is 4.83. The maximum Gasteiger partial charge on any atom is 0.0972 e. The number of fused-ring (bicyclic) bond motifs is 11. The molecule has 0 aliphatic carbocycles. The highest BCUT2D eigenvalue weighted by Gasteiger charge is 2.21. The fourth-order valence-corrected chi connectivity index (χ4v) is 12.4. The van der Waals surface area contributed by atoms with E-state index in [1.807, 2.05) is 47.3 Å². The molecule has 0 aliphatic heterocycles. The molecule has 7 heteroatoms. The molecule has 0 saturated heterocycles. The molecule has 14 rings (SSSR count). The van der Waals surface area contributed by atoms with Gasteiger partial charge in [0.05, 0.1) is 48.2 Å². The number of hydrogen-bond donors (Lipinski definition) is 0. The van der Waals surface area contributed by atoms with Gasteiger partial charge in [-0.05, 0) is 75.8 Å². The molecule has 5 nitrogen and oxygen atoms in total. The summed E-state index contributed by atoms with van der Waals surface area (Å²) in [5.41, 5.74) is 17.0. The van der Waals surface area contributed by atoms with Crippen LogP contribution in [0.15, 0.2) is 201 Å². The topological polar surface area (TPSA) is 64.5 Å². The fourth-order valence-electron chi connectivity index (χ4n) is 9.93. The Balaban J connectivity index is 0.895. The predicted octanol–water partition coefficient (Wildman–Crippen LogP) is 16.3. The number of nitrogens with zero attached hydrogens (tertiary/aromatic N) is 5. The lowest BCUT2D eigenvalue weighted by Gasteiger charge is -2.12. The van der Waals surface area contributed by atoms with Gasteiger partial charge in [-0.25, -0.2) is 15.0 Å². The van der Waals surface area contributed by atoms with Crippen LogP contribution in [0.25, 0.3) is 140 Å². The molecule has 0 bridgehead atoms. The van der Waals surface area contributed by atoms with E-state index in [1.54, 1.807) is 0 Å². The number of hydrogen-bond acceptors (Lipinski definition) is 7. The minimum atomic E-state index is 0.878. The lowest BCUT2D eigenvalue weighted by atomic mass is 9.94. The lowest BCUT2D eigenvalue weighted by molar-refractivity contribution is 1.33. The Kier molecular flexibility index (Phi) is 8.25. The third-order valence-corrected chi connectivity index (χ3v) is 15.4. The van der Waals surface area contributed by atoms with Crippen molar-refractivity contribution in [2.75, 3.05) is 0 Å². The predicted molar refractivity (Wildman–Crippen MR) is 278 cm³/mol. The third kappa shape index (κ3) is 5.74. The number of para-hydroxylation sites is 2. The van der Waals surface area contributed by atoms with Gasteiger partial charge in [-0.1, -0.05) is 140 Å². The summed E-state index contributed by atoms with van der Waals surface area (Å²) in [6, 6.07) is 64.8. The van der Waals surface area contributed by atoms with Crippen LogP contribution in [0.1, 0.15) is 0 Å². The number of pyridine rings is 5. The van der Waals surface area contributed by atoms with E-state index in [0.29, 0.717) is 0 Å². The molecule has 7 aromatic heterocycles. The van der Waals surface area contributed by atoms with Gasteiger partial charge >= 0.3 is 0 Å². The fraction of sp³-hybridized carbons (Fsp3) is 0. The quantitative estimate of drug-likeness (QED) is 0.161. The van der Waals surface area contributed by atoms with Crippen LogP contribution in [0.5, 0.6) is 0 Å². The summed E-state index contributed by atoms with van der Waals surface area (Å²) in [5.74, 6) is 0. The van der Waals surface area contributed by atoms with Gasteiger partial charge in [-0.15, -0.1) is 22.7 Å². The van der Waals surface area contributed by atoms with Crippen molar-refractivity contribution in [3.8, 4) is 55.8 Å². The van der Waals surface area contributed by atoms with Crippen LogP contribution in [0.3, 0.4) is 0 Å². The Morgan fingerprint density at radius 1 is 0.348 bits per heavy atom. The van der Waals surface area contributed by atoms with Crippen LogP contribution >= 0.6 is 22.7 Å². The summed E-state index contributed by atoms with van der Waals surface area (Å²) >= 11 is 3.63. The molecular formula is C59H33N5S2. The van der Waals surface area contributed by atoms with E-state index in [4.69, 9.17) is 19.9 Å². The Morgan fingerprint density at radius 3 is 1.74 bits per heavy atom. The standard InChI is InChI=1S/C59H33N5S2/c1-4-14-47-43(10-1)51(58-56(63-47)45-12-3-6-16-49(45)65-58)37-24-20-35(21-25-37)46-29-27-38-26-28-42-40(30-32-61-55(42)54(38)62-46)41-13-7-17-50-53(41)57-59(66-50)52(44-11-2-5-15-48(44)64-57)36-22-18-34(19-23-36)39-9-8-31-60-33-39/h1-33H. The zero-order valence-electron chi connectivity index (χ0n) is 35.1. The van der Waals surface area contributed by atoms with Gasteiger partial charge in [-0.3, -0.25) is 9.97 Å². The average Bonchev–Trinajstić information content (AvgIpc) is 3.95. The first-order valence-electron chi connectivity index (χ1n) is 22.0. The summed E-state index contributed by atoms with van der Waals surface area (Å²) in [5, 5.41) is 6.76. The molecule has 0 saturated carbocycles. The Bertz CT molecular complexity index is 4270. The summed E-state index contributed by atoms with van der Waals surface area (Å²) in [7, 11) is 0. The van der Waals surface area contributed by atoms with E-state index in [-0.39, 0.29) is 0 Å². The van der Waals surface area contributed by atoms with Crippen molar-refractivity contribution in [1.82, 2.24) is 24.9 Å². The summed E-state index contributed by atoms with van der Waals surface area (Å²) in [6.45, 7) is 0. The molecule has 306 valence electrons. The van der Waals surface area contributed by atoms with E-state index in [2.05, 4.69) is 181 Å². The number of thiophene rings is 2. The first kappa shape index (κ1) is 37.2. The van der Waals surface area contributed by atoms with Gasteiger partial charge in [0.15, 0.2) is 0 Å². The maximum atomic E-state index is 5.42. The van der Waals surface area contributed by atoms with E-state index in [0.717, 1.165) is 105 Å². The minimum Gasteiger partial charge on any atom is -0.264 e. The molecule has 0 radical (unpaired) electrons. The molecule has 7 aromatic carbocycles. The van der Waals surface area contributed by atoms with Gasteiger partial charge < -0.3 is 0 Å². The monoisotopic (exact) mass is 875 g/mol. The molecule has 0 fully saturated rings. The SMILES string of the molecule is c1cncc(-c2ccc(-c3c4ccccc4nc4c3sc3cccc(-c5ccnc6c5ccc5ccc(-c7ccc(-c8c9ccccc9nc9c8sc8ccccc89)cc7)nc56)c34)cc2)c1. The van der Waals surface area contributed by atoms with Gasteiger partial charge in [-0.2, -0.15) is 0 Å². The summed E-state index contributed by atoms with van der Waals surface area (Å²) in [6.07, 6.45) is 5.65. The van der Waals surface area contributed by atoms with Crippen LogP contribution in [0.2, 0.25) is 0 Å². The van der Waals surface area contributed by atoms with Crippen LogP contribution in [-0.2, 0) is 0 Å². The van der Waals surface area contributed by atoms with Crippen molar-refractivity contribution in [1.29, 1.82) is 0 Å². The summed E-state index contributed by atoms with van der Waals surface area (Å²) in [4.78, 5) is 25.3. The molecule has 0 atom stereocenters. The van der Waals surface area contributed by atoms with E-state index >= 15 is 0 Å². The second kappa shape index (κ2) is 14.7. The molecule has 0 amide bonds. The molecule has 0 aliphatic rings. The van der Waals surface area contributed by atoms with E-state index in [1.165, 1.54) is 35.3 Å². The highest BCUT2D eigenvalue weighted by atomic mass is 32.1. The smallest absolute Gasteiger partial charge is 0.0972 e. The molecule has 0 spiro atoms. The molecule has 0 N–H and O–H groups in total. The second-order valence-corrected chi connectivity index (χ2v) is 18.8. The third-order valence-electron chi connectivity index (χ3n) is 13.0. The largest absolute Gasteiger partial charge is 0.264 e. The molecule has 0 unspecified atom stereocenters. The van der Waals surface area contributed by atoms with Crippen LogP contribution in [0, 0.1) is 0 Å². The Labute approximate surface area is 386 Å². The van der Waals surface area contributed by atoms with Crippen molar-refractivity contribution in [2.45, 2.75) is 0 Å². The first-order valence-corrected chi connectivity index (χ1v) is 23.6. The number of benzene rings is 7. The van der Waals surface area contributed by atoms with Gasteiger partial charge in [0.2, 0.25) is 0 Å². The highest BCUT2D eigenvalue weighted by Crippen LogP contribution is 2.47.